The third kappa shape index (κ3) is 5.39. The highest BCUT2D eigenvalue weighted by atomic mass is 15.1. The van der Waals surface area contributed by atoms with E-state index in [0.717, 1.165) is 22.7 Å². The summed E-state index contributed by atoms with van der Waals surface area (Å²) in [6.07, 6.45) is 0. The van der Waals surface area contributed by atoms with Crippen LogP contribution in [0.4, 0.5) is 28.4 Å². The van der Waals surface area contributed by atoms with Crippen molar-refractivity contribution in [2.24, 2.45) is 0 Å². The number of anilines is 5. The predicted molar refractivity (Wildman–Crippen MR) is 184 cm³/mol. The van der Waals surface area contributed by atoms with Crippen LogP contribution in [-0.4, -0.2) is 7.05 Å². The summed E-state index contributed by atoms with van der Waals surface area (Å²) in [4.78, 5) is 4.57. The van der Waals surface area contributed by atoms with Gasteiger partial charge in [0.1, 0.15) is 0 Å². The van der Waals surface area contributed by atoms with Crippen molar-refractivity contribution in [3.05, 3.63) is 176 Å². The Bertz CT molecular complexity index is 1940. The summed E-state index contributed by atoms with van der Waals surface area (Å²) in [5, 5.41) is 2.46. The van der Waals surface area contributed by atoms with Crippen LogP contribution in [0.25, 0.3) is 33.0 Å². The van der Waals surface area contributed by atoms with Gasteiger partial charge in [-0.2, -0.15) is 0 Å². The number of para-hydroxylation sites is 1. The number of rotatable bonds is 7. The van der Waals surface area contributed by atoms with Gasteiger partial charge in [0.15, 0.2) is 0 Å². The number of nitrogens with zero attached hydrogens (tertiary/aromatic N) is 2. The maximum absolute atomic E-state index is 2.34. The first-order valence-electron chi connectivity index (χ1n) is 14.7. The number of hydrogen-bond acceptors (Lipinski definition) is 2. The molecule has 7 rings (SSSR count). The van der Waals surface area contributed by atoms with E-state index in [4.69, 9.17) is 0 Å². The lowest BCUT2D eigenvalue weighted by Crippen LogP contribution is -2.10. The molecule has 43 heavy (non-hydrogen) atoms. The zero-order valence-corrected chi connectivity index (χ0v) is 24.1. The second-order valence-electron chi connectivity index (χ2n) is 10.7. The smallest absolute Gasteiger partial charge is 0.0540 e. The molecule has 2 nitrogen and oxygen atoms in total. The molecule has 0 saturated carbocycles. The van der Waals surface area contributed by atoms with E-state index < -0.39 is 0 Å². The fraction of sp³-hybridized carbons (Fsp3) is 0.0244. The van der Waals surface area contributed by atoms with Gasteiger partial charge in [-0.05, 0) is 82.2 Å². The molecule has 0 atom stereocenters. The number of fused-ring (bicyclic) bond motifs is 1. The van der Waals surface area contributed by atoms with Crippen LogP contribution in [0, 0.1) is 0 Å². The number of hydrogen-bond donors (Lipinski definition) is 0. The average Bonchev–Trinajstić information content (AvgIpc) is 3.09. The van der Waals surface area contributed by atoms with Crippen LogP contribution in [0.5, 0.6) is 0 Å². The Morgan fingerprint density at radius 3 is 1.33 bits per heavy atom. The second-order valence-corrected chi connectivity index (χ2v) is 10.7. The lowest BCUT2D eigenvalue weighted by Gasteiger charge is -2.27. The Balaban J connectivity index is 1.14. The van der Waals surface area contributed by atoms with Gasteiger partial charge in [-0.15, -0.1) is 0 Å². The van der Waals surface area contributed by atoms with Crippen LogP contribution in [0.1, 0.15) is 0 Å². The lowest BCUT2D eigenvalue weighted by atomic mass is 10.0. The molecule has 0 aromatic heterocycles. The van der Waals surface area contributed by atoms with Gasteiger partial charge >= 0.3 is 0 Å². The molecule has 0 unspecified atom stereocenters. The zero-order valence-electron chi connectivity index (χ0n) is 24.1. The molecule has 0 radical (unpaired) electrons. The SMILES string of the molecule is CN(c1ccc(-c2ccccc2)cc1)c1ccc(-c2ccc(N(c3ccccc3)c3cccc4ccccc34)cc2)cc1. The summed E-state index contributed by atoms with van der Waals surface area (Å²) in [5.41, 5.74) is 10.6. The van der Waals surface area contributed by atoms with Gasteiger partial charge in [-0.25, -0.2) is 0 Å². The van der Waals surface area contributed by atoms with E-state index >= 15 is 0 Å². The molecular weight excluding hydrogens is 520 g/mol. The van der Waals surface area contributed by atoms with E-state index in [1.807, 2.05) is 0 Å². The van der Waals surface area contributed by atoms with Crippen molar-refractivity contribution in [3.8, 4) is 22.3 Å². The van der Waals surface area contributed by atoms with Crippen molar-refractivity contribution in [3.63, 3.8) is 0 Å². The fourth-order valence-corrected chi connectivity index (χ4v) is 5.75. The van der Waals surface area contributed by atoms with Gasteiger partial charge < -0.3 is 9.80 Å². The fourth-order valence-electron chi connectivity index (χ4n) is 5.75. The quantitative estimate of drug-likeness (QED) is 0.194. The van der Waals surface area contributed by atoms with E-state index in [-0.39, 0.29) is 0 Å². The lowest BCUT2D eigenvalue weighted by molar-refractivity contribution is 1.21. The topological polar surface area (TPSA) is 6.48 Å². The Kier molecular flexibility index (Phi) is 7.17. The molecule has 0 saturated heterocycles. The van der Waals surface area contributed by atoms with Crippen molar-refractivity contribution in [2.45, 2.75) is 0 Å². The standard InChI is InChI=1S/C41H32N2/c1-42(36-25-19-32(20-26-36)31-11-4-2-5-12-31)37-27-21-33(22-28-37)34-23-29-39(30-24-34)43(38-15-6-3-7-16-38)41-18-10-14-35-13-8-9-17-40(35)41/h2-30H,1H3. The van der Waals surface area contributed by atoms with Gasteiger partial charge in [0.05, 0.1) is 5.69 Å². The third-order valence-electron chi connectivity index (χ3n) is 8.10. The van der Waals surface area contributed by atoms with Gasteiger partial charge in [0.25, 0.3) is 0 Å². The normalized spacial score (nSPS) is 10.9. The van der Waals surface area contributed by atoms with Gasteiger partial charge in [-0.1, -0.05) is 121 Å². The van der Waals surface area contributed by atoms with Crippen LogP contribution in [-0.2, 0) is 0 Å². The minimum atomic E-state index is 1.13. The molecule has 7 aromatic rings. The maximum Gasteiger partial charge on any atom is 0.0540 e. The molecule has 206 valence electrons. The van der Waals surface area contributed by atoms with E-state index in [1.54, 1.807) is 0 Å². The molecule has 0 aliphatic carbocycles. The van der Waals surface area contributed by atoms with Crippen LogP contribution in [0.15, 0.2) is 176 Å². The summed E-state index contributed by atoms with van der Waals surface area (Å²) in [6, 6.07) is 62.6. The largest absolute Gasteiger partial charge is 0.345 e. The van der Waals surface area contributed by atoms with Crippen LogP contribution >= 0.6 is 0 Å². The van der Waals surface area contributed by atoms with E-state index in [9.17, 15) is 0 Å². The average molecular weight is 553 g/mol. The maximum atomic E-state index is 2.34. The summed E-state index contributed by atoms with van der Waals surface area (Å²) in [5.74, 6) is 0. The zero-order chi connectivity index (χ0) is 29.0. The monoisotopic (exact) mass is 552 g/mol. The summed E-state index contributed by atoms with van der Waals surface area (Å²) in [6.45, 7) is 0. The van der Waals surface area contributed by atoms with Crippen molar-refractivity contribution in [1.82, 2.24) is 0 Å². The predicted octanol–water partition coefficient (Wildman–Crippen LogP) is 11.4. The molecule has 0 amide bonds. The molecule has 2 heteroatoms. The highest BCUT2D eigenvalue weighted by Gasteiger charge is 2.15. The summed E-state index contributed by atoms with van der Waals surface area (Å²) < 4.78 is 0. The van der Waals surface area contributed by atoms with Crippen molar-refractivity contribution < 1.29 is 0 Å². The molecule has 0 fully saturated rings. The van der Waals surface area contributed by atoms with Crippen molar-refractivity contribution >= 4 is 39.2 Å². The van der Waals surface area contributed by atoms with Gasteiger partial charge in [0.2, 0.25) is 0 Å². The Hall–Kier alpha value is -5.60. The Morgan fingerprint density at radius 2 is 0.744 bits per heavy atom. The van der Waals surface area contributed by atoms with Gasteiger partial charge in [0, 0.05) is 35.2 Å². The number of benzene rings is 7. The summed E-state index contributed by atoms with van der Waals surface area (Å²) >= 11 is 0. The van der Waals surface area contributed by atoms with E-state index in [1.165, 1.54) is 38.7 Å². The molecule has 0 bridgehead atoms. The third-order valence-corrected chi connectivity index (χ3v) is 8.10. The first-order valence-corrected chi connectivity index (χ1v) is 14.7. The molecule has 0 aliphatic heterocycles. The Labute approximate surface area is 253 Å². The minimum absolute atomic E-state index is 1.13. The summed E-state index contributed by atoms with van der Waals surface area (Å²) in [7, 11) is 2.12. The first-order chi connectivity index (χ1) is 21.2. The molecule has 0 spiro atoms. The van der Waals surface area contributed by atoms with Crippen LogP contribution in [0.2, 0.25) is 0 Å². The highest BCUT2D eigenvalue weighted by Crippen LogP contribution is 2.39. The first kappa shape index (κ1) is 26.3. The molecule has 0 N–H and O–H groups in total. The van der Waals surface area contributed by atoms with Crippen molar-refractivity contribution in [2.75, 3.05) is 16.8 Å². The van der Waals surface area contributed by atoms with E-state index in [0.29, 0.717) is 0 Å². The molecule has 0 heterocycles. The van der Waals surface area contributed by atoms with Crippen molar-refractivity contribution in [1.29, 1.82) is 0 Å². The highest BCUT2D eigenvalue weighted by molar-refractivity contribution is 5.99. The Morgan fingerprint density at radius 1 is 0.326 bits per heavy atom. The molecular formula is C41H32N2. The van der Waals surface area contributed by atoms with Crippen LogP contribution in [0.3, 0.4) is 0 Å². The molecule has 7 aromatic carbocycles. The molecule has 0 aliphatic rings. The minimum Gasteiger partial charge on any atom is -0.345 e. The van der Waals surface area contributed by atoms with E-state index in [2.05, 4.69) is 193 Å². The van der Waals surface area contributed by atoms with Crippen LogP contribution < -0.4 is 9.80 Å². The van der Waals surface area contributed by atoms with Gasteiger partial charge in [-0.3, -0.25) is 0 Å². The second kappa shape index (κ2) is 11.7.